The SMILES string of the molecule is Cc1ccc(C(=O)NC2CC2C)c(F)c1. The van der Waals surface area contributed by atoms with E-state index < -0.39 is 5.82 Å². The summed E-state index contributed by atoms with van der Waals surface area (Å²) in [5, 5.41) is 2.80. The van der Waals surface area contributed by atoms with Crippen molar-refractivity contribution in [2.45, 2.75) is 26.3 Å². The zero-order chi connectivity index (χ0) is 11.0. The maximum Gasteiger partial charge on any atom is 0.254 e. The van der Waals surface area contributed by atoms with Crippen LogP contribution in [0.4, 0.5) is 4.39 Å². The molecule has 0 aromatic heterocycles. The Morgan fingerprint density at radius 2 is 2.20 bits per heavy atom. The highest BCUT2D eigenvalue weighted by Gasteiger charge is 2.34. The molecule has 0 radical (unpaired) electrons. The summed E-state index contributed by atoms with van der Waals surface area (Å²) in [7, 11) is 0. The Kier molecular flexibility index (Phi) is 2.47. The zero-order valence-electron chi connectivity index (χ0n) is 8.88. The van der Waals surface area contributed by atoms with Crippen molar-refractivity contribution in [1.82, 2.24) is 5.32 Å². The van der Waals surface area contributed by atoms with Crippen molar-refractivity contribution in [1.29, 1.82) is 0 Å². The van der Waals surface area contributed by atoms with Gasteiger partial charge < -0.3 is 5.32 Å². The summed E-state index contributed by atoms with van der Waals surface area (Å²) in [5.41, 5.74) is 0.962. The highest BCUT2D eigenvalue weighted by atomic mass is 19.1. The maximum absolute atomic E-state index is 13.4. The van der Waals surface area contributed by atoms with Gasteiger partial charge in [-0.05, 0) is 37.0 Å². The van der Waals surface area contributed by atoms with Gasteiger partial charge in [0.25, 0.3) is 5.91 Å². The van der Waals surface area contributed by atoms with E-state index in [-0.39, 0.29) is 17.5 Å². The fraction of sp³-hybridized carbons (Fsp3) is 0.417. The van der Waals surface area contributed by atoms with Gasteiger partial charge in [0.15, 0.2) is 0 Å². The maximum atomic E-state index is 13.4. The predicted octanol–water partition coefficient (Wildman–Crippen LogP) is 2.27. The Hall–Kier alpha value is -1.38. The van der Waals surface area contributed by atoms with Crippen LogP contribution in [0.3, 0.4) is 0 Å². The topological polar surface area (TPSA) is 29.1 Å². The number of carbonyl (C=O) groups excluding carboxylic acids is 1. The van der Waals surface area contributed by atoms with E-state index in [1.807, 2.05) is 0 Å². The summed E-state index contributed by atoms with van der Waals surface area (Å²) in [4.78, 5) is 11.6. The minimum absolute atomic E-state index is 0.139. The largest absolute Gasteiger partial charge is 0.349 e. The fourth-order valence-electron chi connectivity index (χ4n) is 1.57. The smallest absolute Gasteiger partial charge is 0.254 e. The summed E-state index contributed by atoms with van der Waals surface area (Å²) < 4.78 is 13.4. The lowest BCUT2D eigenvalue weighted by Gasteiger charge is -2.05. The minimum Gasteiger partial charge on any atom is -0.349 e. The molecule has 2 atom stereocenters. The summed E-state index contributed by atoms with van der Waals surface area (Å²) in [6.45, 7) is 3.87. The molecular weight excluding hydrogens is 193 g/mol. The van der Waals surface area contributed by atoms with Crippen molar-refractivity contribution in [2.75, 3.05) is 0 Å². The number of benzene rings is 1. The number of nitrogens with one attached hydrogen (secondary N) is 1. The van der Waals surface area contributed by atoms with Gasteiger partial charge in [0.1, 0.15) is 5.82 Å². The van der Waals surface area contributed by atoms with Crippen LogP contribution in [0.15, 0.2) is 18.2 Å². The predicted molar refractivity (Wildman–Crippen MR) is 56.2 cm³/mol. The monoisotopic (exact) mass is 207 g/mol. The summed E-state index contributed by atoms with van der Waals surface area (Å²) in [6.07, 6.45) is 0.999. The quantitative estimate of drug-likeness (QED) is 0.792. The first kappa shape index (κ1) is 10.1. The third kappa shape index (κ3) is 2.17. The molecule has 1 amide bonds. The van der Waals surface area contributed by atoms with Crippen LogP contribution in [0, 0.1) is 18.7 Å². The molecule has 0 spiro atoms. The molecule has 2 unspecified atom stereocenters. The number of hydrogen-bond acceptors (Lipinski definition) is 1. The van der Waals surface area contributed by atoms with Crippen LogP contribution in [0.25, 0.3) is 0 Å². The van der Waals surface area contributed by atoms with Gasteiger partial charge in [-0.15, -0.1) is 0 Å². The first-order valence-electron chi connectivity index (χ1n) is 5.15. The molecule has 0 aliphatic heterocycles. The van der Waals surface area contributed by atoms with Gasteiger partial charge in [-0.2, -0.15) is 0 Å². The number of carbonyl (C=O) groups is 1. The molecule has 0 bridgehead atoms. The molecule has 1 aliphatic carbocycles. The van der Waals surface area contributed by atoms with E-state index in [2.05, 4.69) is 12.2 Å². The standard InChI is InChI=1S/C12H14FNO/c1-7-3-4-9(10(13)5-7)12(15)14-11-6-8(11)2/h3-5,8,11H,6H2,1-2H3,(H,14,15). The summed E-state index contributed by atoms with van der Waals surface area (Å²) >= 11 is 0. The molecule has 2 rings (SSSR count). The molecule has 15 heavy (non-hydrogen) atoms. The summed E-state index contributed by atoms with van der Waals surface area (Å²) in [6, 6.07) is 4.89. The normalized spacial score (nSPS) is 23.7. The molecule has 80 valence electrons. The van der Waals surface area contributed by atoms with Crippen LogP contribution >= 0.6 is 0 Å². The first-order valence-corrected chi connectivity index (χ1v) is 5.15. The third-order valence-corrected chi connectivity index (χ3v) is 2.80. The van der Waals surface area contributed by atoms with Crippen LogP contribution < -0.4 is 5.32 Å². The van der Waals surface area contributed by atoms with E-state index in [0.717, 1.165) is 12.0 Å². The Balaban J connectivity index is 2.11. The number of halogens is 1. The second-order valence-corrected chi connectivity index (χ2v) is 4.28. The van der Waals surface area contributed by atoms with Gasteiger partial charge >= 0.3 is 0 Å². The lowest BCUT2D eigenvalue weighted by Crippen LogP contribution is -2.27. The second-order valence-electron chi connectivity index (χ2n) is 4.28. The fourth-order valence-corrected chi connectivity index (χ4v) is 1.57. The zero-order valence-corrected chi connectivity index (χ0v) is 8.88. The average molecular weight is 207 g/mol. The van der Waals surface area contributed by atoms with E-state index >= 15 is 0 Å². The van der Waals surface area contributed by atoms with Gasteiger partial charge in [0.05, 0.1) is 5.56 Å². The summed E-state index contributed by atoms with van der Waals surface area (Å²) in [5.74, 6) is -0.217. The molecule has 1 fully saturated rings. The Morgan fingerprint density at radius 1 is 1.53 bits per heavy atom. The first-order chi connectivity index (χ1) is 7.08. The van der Waals surface area contributed by atoms with Crippen LogP contribution in [0.5, 0.6) is 0 Å². The van der Waals surface area contributed by atoms with Crippen molar-refractivity contribution < 1.29 is 9.18 Å². The Morgan fingerprint density at radius 3 is 2.73 bits per heavy atom. The van der Waals surface area contributed by atoms with Crippen molar-refractivity contribution in [2.24, 2.45) is 5.92 Å². The van der Waals surface area contributed by atoms with Crippen LogP contribution in [0.1, 0.15) is 29.3 Å². The van der Waals surface area contributed by atoms with Crippen molar-refractivity contribution in [3.63, 3.8) is 0 Å². The highest BCUT2D eigenvalue weighted by molar-refractivity contribution is 5.94. The van der Waals surface area contributed by atoms with Crippen LogP contribution in [-0.2, 0) is 0 Å². The van der Waals surface area contributed by atoms with Crippen molar-refractivity contribution >= 4 is 5.91 Å². The molecule has 2 nitrogen and oxygen atoms in total. The number of rotatable bonds is 2. The molecular formula is C12H14FNO. The molecule has 1 aliphatic rings. The highest BCUT2D eigenvalue weighted by Crippen LogP contribution is 2.29. The molecule has 1 aromatic rings. The Labute approximate surface area is 88.5 Å². The molecule has 1 N–H and O–H groups in total. The number of amides is 1. The molecule has 1 aromatic carbocycles. The lowest BCUT2D eigenvalue weighted by molar-refractivity contribution is 0.0945. The van der Waals surface area contributed by atoms with E-state index in [1.165, 1.54) is 12.1 Å². The lowest BCUT2D eigenvalue weighted by atomic mass is 10.1. The van der Waals surface area contributed by atoms with Crippen molar-refractivity contribution in [3.8, 4) is 0 Å². The van der Waals surface area contributed by atoms with Crippen LogP contribution in [-0.4, -0.2) is 11.9 Å². The molecule has 0 saturated heterocycles. The van der Waals surface area contributed by atoms with E-state index in [4.69, 9.17) is 0 Å². The number of aryl methyl sites for hydroxylation is 1. The van der Waals surface area contributed by atoms with E-state index in [1.54, 1.807) is 13.0 Å². The van der Waals surface area contributed by atoms with E-state index in [0.29, 0.717) is 5.92 Å². The van der Waals surface area contributed by atoms with Gasteiger partial charge in [0, 0.05) is 6.04 Å². The van der Waals surface area contributed by atoms with Crippen LogP contribution in [0.2, 0.25) is 0 Å². The average Bonchev–Trinajstić information content (AvgIpc) is 2.81. The third-order valence-electron chi connectivity index (χ3n) is 2.80. The molecule has 0 heterocycles. The molecule has 1 saturated carbocycles. The molecule has 3 heteroatoms. The van der Waals surface area contributed by atoms with Gasteiger partial charge in [-0.3, -0.25) is 4.79 Å². The minimum atomic E-state index is -0.444. The van der Waals surface area contributed by atoms with Crippen molar-refractivity contribution in [3.05, 3.63) is 35.1 Å². The van der Waals surface area contributed by atoms with Gasteiger partial charge in [-0.1, -0.05) is 13.0 Å². The Bertz CT molecular complexity index is 403. The van der Waals surface area contributed by atoms with E-state index in [9.17, 15) is 9.18 Å². The van der Waals surface area contributed by atoms with Gasteiger partial charge in [0.2, 0.25) is 0 Å². The number of hydrogen-bond donors (Lipinski definition) is 1. The second kappa shape index (κ2) is 3.65. The van der Waals surface area contributed by atoms with Gasteiger partial charge in [-0.25, -0.2) is 4.39 Å².